The van der Waals surface area contributed by atoms with Gasteiger partial charge in [0.05, 0.1) is 7.11 Å². The van der Waals surface area contributed by atoms with E-state index in [0.29, 0.717) is 12.1 Å². The summed E-state index contributed by atoms with van der Waals surface area (Å²) < 4.78 is 9.91. The van der Waals surface area contributed by atoms with E-state index >= 15 is 0 Å². The summed E-state index contributed by atoms with van der Waals surface area (Å²) in [6, 6.07) is 16.4. The molecule has 0 aliphatic heterocycles. The Bertz CT molecular complexity index is 890. The molecule has 0 aliphatic rings. The maximum atomic E-state index is 13.0. The lowest BCUT2D eigenvalue weighted by Gasteiger charge is -2.23. The third-order valence-corrected chi connectivity index (χ3v) is 4.38. The SMILES string of the molecule is COC(=O)CC[C@H](NC(=O)OC(C)(C)C)C(=O)Nc1ccccc1Cc1ccccc1. The molecule has 31 heavy (non-hydrogen) atoms. The molecule has 166 valence electrons. The molecule has 0 saturated carbocycles. The highest BCUT2D eigenvalue weighted by molar-refractivity contribution is 5.97. The van der Waals surface area contributed by atoms with Crippen molar-refractivity contribution in [3.8, 4) is 0 Å². The lowest BCUT2D eigenvalue weighted by atomic mass is 10.0. The monoisotopic (exact) mass is 426 g/mol. The second-order valence-electron chi connectivity index (χ2n) is 8.12. The molecule has 7 heteroatoms. The van der Waals surface area contributed by atoms with Crippen LogP contribution in [0.15, 0.2) is 54.6 Å². The first-order chi connectivity index (χ1) is 14.7. The number of alkyl carbamates (subject to hydrolysis) is 1. The summed E-state index contributed by atoms with van der Waals surface area (Å²) in [5.41, 5.74) is 1.98. The summed E-state index contributed by atoms with van der Waals surface area (Å²) in [5, 5.41) is 5.44. The van der Waals surface area contributed by atoms with Crippen LogP contribution in [0.3, 0.4) is 0 Å². The molecule has 0 radical (unpaired) electrons. The van der Waals surface area contributed by atoms with Crippen LogP contribution in [0, 0.1) is 0 Å². The minimum Gasteiger partial charge on any atom is -0.469 e. The van der Waals surface area contributed by atoms with Gasteiger partial charge in [-0.05, 0) is 50.8 Å². The number of esters is 1. The van der Waals surface area contributed by atoms with Gasteiger partial charge in [0, 0.05) is 12.1 Å². The molecule has 0 aliphatic carbocycles. The smallest absolute Gasteiger partial charge is 0.408 e. The first kappa shape index (κ1) is 23.9. The molecule has 0 fully saturated rings. The fourth-order valence-corrected chi connectivity index (χ4v) is 2.91. The van der Waals surface area contributed by atoms with Crippen LogP contribution in [-0.2, 0) is 25.5 Å². The minimum absolute atomic E-state index is 0.0178. The van der Waals surface area contributed by atoms with Crippen molar-refractivity contribution in [3.63, 3.8) is 0 Å². The van der Waals surface area contributed by atoms with Gasteiger partial charge in [-0.25, -0.2) is 4.79 Å². The van der Waals surface area contributed by atoms with Crippen LogP contribution >= 0.6 is 0 Å². The lowest BCUT2D eigenvalue weighted by molar-refractivity contribution is -0.140. The number of anilines is 1. The van der Waals surface area contributed by atoms with Gasteiger partial charge in [0.2, 0.25) is 5.91 Å². The van der Waals surface area contributed by atoms with Crippen LogP contribution in [0.1, 0.15) is 44.7 Å². The minimum atomic E-state index is -0.960. The molecule has 0 saturated heterocycles. The number of amides is 2. The molecule has 0 unspecified atom stereocenters. The Morgan fingerprint density at radius 3 is 2.26 bits per heavy atom. The summed E-state index contributed by atoms with van der Waals surface area (Å²) in [4.78, 5) is 36.8. The molecule has 1 atom stereocenters. The molecule has 2 rings (SSSR count). The van der Waals surface area contributed by atoms with E-state index < -0.39 is 29.6 Å². The van der Waals surface area contributed by atoms with Crippen molar-refractivity contribution >= 4 is 23.7 Å². The molecule has 2 N–H and O–H groups in total. The van der Waals surface area contributed by atoms with E-state index in [1.807, 2.05) is 48.5 Å². The number of rotatable bonds is 8. The van der Waals surface area contributed by atoms with E-state index in [2.05, 4.69) is 15.4 Å². The summed E-state index contributed by atoms with van der Waals surface area (Å²) in [6.07, 6.45) is -0.0202. The number of hydrogen-bond acceptors (Lipinski definition) is 5. The number of carbonyl (C=O) groups is 3. The number of benzene rings is 2. The van der Waals surface area contributed by atoms with Crippen molar-refractivity contribution in [2.24, 2.45) is 0 Å². The fourth-order valence-electron chi connectivity index (χ4n) is 2.91. The topological polar surface area (TPSA) is 93.7 Å². The predicted molar refractivity (Wildman–Crippen MR) is 119 cm³/mol. The Morgan fingerprint density at radius 2 is 1.61 bits per heavy atom. The molecule has 2 aromatic carbocycles. The van der Waals surface area contributed by atoms with E-state index in [9.17, 15) is 14.4 Å². The van der Waals surface area contributed by atoms with E-state index in [1.165, 1.54) is 7.11 Å². The van der Waals surface area contributed by atoms with Crippen molar-refractivity contribution in [2.45, 2.75) is 51.7 Å². The average Bonchev–Trinajstić information content (AvgIpc) is 2.71. The molecule has 0 spiro atoms. The summed E-state index contributed by atoms with van der Waals surface area (Å²) in [5.74, 6) is -0.899. The van der Waals surface area contributed by atoms with Gasteiger partial charge >= 0.3 is 12.1 Å². The van der Waals surface area contributed by atoms with Gasteiger partial charge in [0.15, 0.2) is 0 Å². The van der Waals surface area contributed by atoms with Crippen molar-refractivity contribution in [1.82, 2.24) is 5.32 Å². The third kappa shape index (κ3) is 8.50. The number of ether oxygens (including phenoxy) is 2. The zero-order valence-electron chi connectivity index (χ0n) is 18.4. The van der Waals surface area contributed by atoms with Crippen LogP contribution in [0.4, 0.5) is 10.5 Å². The molecular formula is C24H30N2O5. The Morgan fingerprint density at radius 1 is 0.968 bits per heavy atom. The molecule has 7 nitrogen and oxygen atoms in total. The highest BCUT2D eigenvalue weighted by Crippen LogP contribution is 2.20. The maximum absolute atomic E-state index is 13.0. The van der Waals surface area contributed by atoms with Gasteiger partial charge in [0.25, 0.3) is 0 Å². The number of para-hydroxylation sites is 1. The molecule has 0 bridgehead atoms. The zero-order valence-corrected chi connectivity index (χ0v) is 18.4. The largest absolute Gasteiger partial charge is 0.469 e. The van der Waals surface area contributed by atoms with Crippen LogP contribution in [0.5, 0.6) is 0 Å². The van der Waals surface area contributed by atoms with Crippen molar-refractivity contribution in [3.05, 3.63) is 65.7 Å². The van der Waals surface area contributed by atoms with Crippen molar-refractivity contribution < 1.29 is 23.9 Å². The van der Waals surface area contributed by atoms with E-state index in [4.69, 9.17) is 4.74 Å². The van der Waals surface area contributed by atoms with Crippen LogP contribution in [0.25, 0.3) is 0 Å². The summed E-state index contributed by atoms with van der Waals surface area (Å²) in [6.45, 7) is 5.20. The Balaban J connectivity index is 2.14. The normalized spacial score (nSPS) is 11.9. The van der Waals surface area contributed by atoms with Gasteiger partial charge in [0.1, 0.15) is 11.6 Å². The number of methoxy groups -OCH3 is 1. The van der Waals surface area contributed by atoms with Crippen LogP contribution in [-0.4, -0.2) is 36.7 Å². The Kier molecular flexibility index (Phi) is 8.61. The number of carbonyl (C=O) groups excluding carboxylic acids is 3. The third-order valence-electron chi connectivity index (χ3n) is 4.38. The number of hydrogen-bond donors (Lipinski definition) is 2. The Hall–Kier alpha value is -3.35. The second kappa shape index (κ2) is 11.2. The van der Waals surface area contributed by atoms with Gasteiger partial charge in [-0.3, -0.25) is 9.59 Å². The van der Waals surface area contributed by atoms with E-state index in [1.54, 1.807) is 26.8 Å². The standard InChI is InChI=1S/C24H30N2O5/c1-24(2,3)31-23(29)26-20(14-15-21(27)30-4)22(28)25-19-13-9-8-12-18(19)16-17-10-6-5-7-11-17/h5-13,20H,14-16H2,1-4H3,(H,25,28)(H,26,29)/t20-/m0/s1. The molecule has 2 amide bonds. The van der Waals surface area contributed by atoms with Gasteiger partial charge in [-0.1, -0.05) is 48.5 Å². The maximum Gasteiger partial charge on any atom is 0.408 e. The van der Waals surface area contributed by atoms with Crippen LogP contribution in [0.2, 0.25) is 0 Å². The summed E-state index contributed by atoms with van der Waals surface area (Å²) >= 11 is 0. The van der Waals surface area contributed by atoms with Gasteiger partial charge in [-0.2, -0.15) is 0 Å². The number of nitrogens with one attached hydrogen (secondary N) is 2. The van der Waals surface area contributed by atoms with Gasteiger partial charge in [-0.15, -0.1) is 0 Å². The van der Waals surface area contributed by atoms with Crippen molar-refractivity contribution in [1.29, 1.82) is 0 Å². The van der Waals surface area contributed by atoms with Crippen molar-refractivity contribution in [2.75, 3.05) is 12.4 Å². The average molecular weight is 427 g/mol. The highest BCUT2D eigenvalue weighted by atomic mass is 16.6. The lowest BCUT2D eigenvalue weighted by Crippen LogP contribution is -2.46. The van der Waals surface area contributed by atoms with Gasteiger partial charge < -0.3 is 20.1 Å². The van der Waals surface area contributed by atoms with E-state index in [-0.39, 0.29) is 12.8 Å². The highest BCUT2D eigenvalue weighted by Gasteiger charge is 2.25. The molecule has 0 heterocycles. The van der Waals surface area contributed by atoms with Crippen LogP contribution < -0.4 is 10.6 Å². The quantitative estimate of drug-likeness (QED) is 0.621. The molecule has 0 aromatic heterocycles. The second-order valence-corrected chi connectivity index (χ2v) is 8.12. The van der Waals surface area contributed by atoms with E-state index in [0.717, 1.165) is 11.1 Å². The first-order valence-corrected chi connectivity index (χ1v) is 10.2. The summed E-state index contributed by atoms with van der Waals surface area (Å²) in [7, 11) is 1.28. The molecular weight excluding hydrogens is 396 g/mol. The first-order valence-electron chi connectivity index (χ1n) is 10.2. The molecule has 2 aromatic rings. The zero-order chi connectivity index (χ0) is 22.9. The predicted octanol–water partition coefficient (Wildman–Crippen LogP) is 4.06. The fraction of sp³-hybridized carbons (Fsp3) is 0.375. The Labute approximate surface area is 183 Å².